The number of ether oxygens (including phenoxy) is 1. The Hall–Kier alpha value is -3.32. The predicted octanol–water partition coefficient (Wildman–Crippen LogP) is 1.80. The Balaban J connectivity index is 1.99. The molecule has 1 aliphatic heterocycles. The van der Waals surface area contributed by atoms with Gasteiger partial charge in [-0.15, -0.1) is 0 Å². The Morgan fingerprint density at radius 3 is 2.68 bits per heavy atom. The van der Waals surface area contributed by atoms with Gasteiger partial charge < -0.3 is 4.74 Å². The monoisotopic (exact) mass is 391 g/mol. The van der Waals surface area contributed by atoms with E-state index in [-0.39, 0.29) is 5.56 Å². The number of benzene rings is 1. The number of rotatable bonds is 3. The lowest BCUT2D eigenvalue weighted by molar-refractivity contribution is -0.136. The Bertz CT molecular complexity index is 1240. The molecular weight excluding hydrogens is 374 g/mol. The predicted molar refractivity (Wildman–Crippen MR) is 106 cm³/mol. The summed E-state index contributed by atoms with van der Waals surface area (Å²) in [6.45, 7) is 1.76. The molecule has 0 bridgehead atoms. The van der Waals surface area contributed by atoms with Crippen LogP contribution < -0.4 is 14.9 Å². The number of carbonyl (C=O) groups excluding carboxylic acids is 1. The highest BCUT2D eigenvalue weighted by molar-refractivity contribution is 7.07. The summed E-state index contributed by atoms with van der Waals surface area (Å²) in [4.78, 5) is 34.9. The highest BCUT2D eigenvalue weighted by Crippen LogP contribution is 2.30. The van der Waals surface area contributed by atoms with Crippen molar-refractivity contribution in [2.75, 3.05) is 7.11 Å². The van der Waals surface area contributed by atoms with Gasteiger partial charge in [0.25, 0.3) is 5.56 Å². The van der Waals surface area contributed by atoms with E-state index in [0.29, 0.717) is 20.6 Å². The Morgan fingerprint density at radius 1 is 1.21 bits per heavy atom. The van der Waals surface area contributed by atoms with Gasteiger partial charge >= 0.3 is 5.97 Å². The maximum Gasteiger partial charge on any atom is 0.338 e. The zero-order chi connectivity index (χ0) is 19.7. The van der Waals surface area contributed by atoms with Crippen LogP contribution in [0.4, 0.5) is 0 Å². The average molecular weight is 391 g/mol. The Kier molecular flexibility index (Phi) is 4.75. The smallest absolute Gasteiger partial charge is 0.338 e. The molecule has 0 radical (unpaired) electrons. The lowest BCUT2D eigenvalue weighted by Crippen LogP contribution is -2.39. The molecule has 0 spiro atoms. The second-order valence-electron chi connectivity index (χ2n) is 6.27. The van der Waals surface area contributed by atoms with Crippen molar-refractivity contribution >= 4 is 23.4 Å². The minimum absolute atomic E-state index is 0.199. The fourth-order valence-corrected chi connectivity index (χ4v) is 4.30. The topological polar surface area (TPSA) is 73.6 Å². The molecule has 0 fully saturated rings. The molecule has 7 heteroatoms. The number of hydrogen-bond donors (Lipinski definition) is 0. The van der Waals surface area contributed by atoms with Crippen molar-refractivity contribution in [3.63, 3.8) is 0 Å². The first-order valence-corrected chi connectivity index (χ1v) is 9.47. The molecule has 0 unspecified atom stereocenters. The maximum atomic E-state index is 13.3. The first-order chi connectivity index (χ1) is 13.6. The van der Waals surface area contributed by atoms with Crippen LogP contribution in [0.15, 0.2) is 75.9 Å². The van der Waals surface area contributed by atoms with Gasteiger partial charge in [-0.25, -0.2) is 9.79 Å². The van der Waals surface area contributed by atoms with Crippen molar-refractivity contribution in [3.05, 3.63) is 96.9 Å². The van der Waals surface area contributed by atoms with E-state index >= 15 is 0 Å². The van der Waals surface area contributed by atoms with Crippen LogP contribution in [0.3, 0.4) is 0 Å². The third-order valence-corrected chi connectivity index (χ3v) is 5.51. The summed E-state index contributed by atoms with van der Waals surface area (Å²) in [5, 5.41) is 0. The fourth-order valence-electron chi connectivity index (χ4n) is 3.26. The van der Waals surface area contributed by atoms with E-state index in [1.54, 1.807) is 30.0 Å². The number of carbonyl (C=O) groups is 1. The molecule has 2 aromatic heterocycles. The molecule has 1 atom stereocenters. The molecule has 0 amide bonds. The second-order valence-corrected chi connectivity index (χ2v) is 7.28. The highest BCUT2D eigenvalue weighted by Gasteiger charge is 2.32. The van der Waals surface area contributed by atoms with E-state index in [4.69, 9.17) is 4.74 Å². The standard InChI is InChI=1S/C21H17N3O3S/c1-13-17(20(26)27-2)18(15-8-4-3-5-9-15)24-19(25)16(28-21(24)23-13)11-14-7-6-10-22-12-14/h3-12,18H,1-2H3/b16-11+/t18-/m1/s1. The van der Waals surface area contributed by atoms with Crippen molar-refractivity contribution in [1.29, 1.82) is 0 Å². The molecule has 3 heterocycles. The minimum Gasteiger partial charge on any atom is -0.466 e. The summed E-state index contributed by atoms with van der Waals surface area (Å²) in [6, 6.07) is 12.6. The quantitative estimate of drug-likeness (QED) is 0.638. The van der Waals surface area contributed by atoms with Gasteiger partial charge in [0.2, 0.25) is 0 Å². The van der Waals surface area contributed by atoms with Gasteiger partial charge in [0.1, 0.15) is 0 Å². The van der Waals surface area contributed by atoms with Gasteiger partial charge in [-0.2, -0.15) is 0 Å². The van der Waals surface area contributed by atoms with E-state index in [9.17, 15) is 9.59 Å². The third-order valence-electron chi connectivity index (χ3n) is 4.52. The van der Waals surface area contributed by atoms with Gasteiger partial charge in [-0.05, 0) is 30.2 Å². The van der Waals surface area contributed by atoms with Crippen molar-refractivity contribution in [3.8, 4) is 0 Å². The highest BCUT2D eigenvalue weighted by atomic mass is 32.1. The van der Waals surface area contributed by atoms with E-state index in [0.717, 1.165) is 11.1 Å². The maximum absolute atomic E-state index is 13.3. The van der Waals surface area contributed by atoms with E-state index in [1.165, 1.54) is 18.4 Å². The molecule has 1 aliphatic rings. The van der Waals surface area contributed by atoms with Crippen LogP contribution in [-0.2, 0) is 9.53 Å². The van der Waals surface area contributed by atoms with Crippen LogP contribution in [0.5, 0.6) is 0 Å². The molecule has 6 nitrogen and oxygen atoms in total. The average Bonchev–Trinajstić information content (AvgIpc) is 3.02. The van der Waals surface area contributed by atoms with Gasteiger partial charge in [0, 0.05) is 12.4 Å². The van der Waals surface area contributed by atoms with Crippen LogP contribution in [-0.4, -0.2) is 22.6 Å². The van der Waals surface area contributed by atoms with Crippen LogP contribution in [0.2, 0.25) is 0 Å². The number of nitrogens with zero attached hydrogens (tertiary/aromatic N) is 3. The van der Waals surface area contributed by atoms with E-state index in [2.05, 4.69) is 9.98 Å². The number of fused-ring (bicyclic) bond motifs is 1. The van der Waals surface area contributed by atoms with Crippen LogP contribution in [0.1, 0.15) is 24.1 Å². The fraction of sp³-hybridized carbons (Fsp3) is 0.143. The third kappa shape index (κ3) is 3.10. The van der Waals surface area contributed by atoms with Crippen molar-refractivity contribution in [2.45, 2.75) is 13.0 Å². The second kappa shape index (κ2) is 7.36. The van der Waals surface area contributed by atoms with Crippen molar-refractivity contribution in [1.82, 2.24) is 9.55 Å². The molecule has 0 saturated carbocycles. The van der Waals surface area contributed by atoms with Crippen molar-refractivity contribution < 1.29 is 9.53 Å². The van der Waals surface area contributed by atoms with Crippen LogP contribution in [0.25, 0.3) is 6.08 Å². The molecule has 140 valence electrons. The summed E-state index contributed by atoms with van der Waals surface area (Å²) < 4.78 is 7.09. The minimum atomic E-state index is -0.582. The number of allylic oxidation sites excluding steroid dienone is 1. The summed E-state index contributed by atoms with van der Waals surface area (Å²) in [6.07, 6.45) is 5.16. The lowest BCUT2D eigenvalue weighted by Gasteiger charge is -2.24. The molecule has 4 rings (SSSR count). The van der Waals surface area contributed by atoms with Gasteiger partial charge in [0.15, 0.2) is 4.80 Å². The zero-order valence-electron chi connectivity index (χ0n) is 15.3. The molecule has 0 saturated heterocycles. The number of methoxy groups -OCH3 is 1. The van der Waals surface area contributed by atoms with Crippen LogP contribution in [0, 0.1) is 0 Å². The van der Waals surface area contributed by atoms with E-state index < -0.39 is 12.0 Å². The van der Waals surface area contributed by atoms with Crippen LogP contribution >= 0.6 is 11.3 Å². The molecule has 28 heavy (non-hydrogen) atoms. The Morgan fingerprint density at radius 2 is 2.00 bits per heavy atom. The molecule has 3 aromatic rings. The number of pyridine rings is 1. The Labute approximate surface area is 164 Å². The summed E-state index contributed by atoms with van der Waals surface area (Å²) in [7, 11) is 1.33. The van der Waals surface area contributed by atoms with Gasteiger partial charge in [-0.3, -0.25) is 14.3 Å². The number of hydrogen-bond acceptors (Lipinski definition) is 6. The molecule has 0 aliphatic carbocycles. The summed E-state index contributed by atoms with van der Waals surface area (Å²) in [5.41, 5.74) is 2.37. The first kappa shape index (κ1) is 18.1. The molecule has 1 aromatic carbocycles. The van der Waals surface area contributed by atoms with Crippen molar-refractivity contribution in [2.24, 2.45) is 4.99 Å². The van der Waals surface area contributed by atoms with Gasteiger partial charge in [0.05, 0.1) is 29.0 Å². The number of aromatic nitrogens is 2. The summed E-state index contributed by atoms with van der Waals surface area (Å²) in [5.74, 6) is -0.489. The number of esters is 1. The molecule has 0 N–H and O–H groups in total. The number of thiazole rings is 1. The van der Waals surface area contributed by atoms with E-state index in [1.807, 2.05) is 42.5 Å². The SMILES string of the molecule is COC(=O)C1=C(C)N=c2s/c(=C/c3cccnc3)c(=O)n2[C@@H]1c1ccccc1. The van der Waals surface area contributed by atoms with Gasteiger partial charge in [-0.1, -0.05) is 47.7 Å². The lowest BCUT2D eigenvalue weighted by atomic mass is 9.96. The largest absolute Gasteiger partial charge is 0.466 e. The summed E-state index contributed by atoms with van der Waals surface area (Å²) >= 11 is 1.29. The molecular formula is C21H17N3O3S. The first-order valence-electron chi connectivity index (χ1n) is 8.66. The normalized spacial score (nSPS) is 16.5. The zero-order valence-corrected chi connectivity index (χ0v) is 16.1.